The molecule has 3 heteroatoms. The average Bonchev–Trinajstić information content (AvgIpc) is 2.61. The third-order valence-corrected chi connectivity index (χ3v) is 4.70. The standard InChI is InChI=1S/C20H28N2S/c1-3-7-19(8-4-1)11-13-21-15-17-23-18-16-22-14-12-20-9-5-2-6-10-20/h1-10,21-22H,11-18H2. The fourth-order valence-electron chi connectivity index (χ4n) is 2.40. The molecule has 23 heavy (non-hydrogen) atoms. The van der Waals surface area contributed by atoms with Crippen molar-refractivity contribution in [3.05, 3.63) is 71.8 Å². The molecule has 2 N–H and O–H groups in total. The van der Waals surface area contributed by atoms with E-state index in [1.807, 2.05) is 11.8 Å². The second kappa shape index (κ2) is 12.2. The summed E-state index contributed by atoms with van der Waals surface area (Å²) in [5, 5.41) is 7.03. The maximum atomic E-state index is 3.52. The zero-order valence-electron chi connectivity index (χ0n) is 13.8. The van der Waals surface area contributed by atoms with Crippen molar-refractivity contribution in [2.24, 2.45) is 0 Å². The molecule has 0 aromatic heterocycles. The van der Waals surface area contributed by atoms with Crippen LogP contribution in [0.3, 0.4) is 0 Å². The Labute approximate surface area is 145 Å². The van der Waals surface area contributed by atoms with Gasteiger partial charge in [0.15, 0.2) is 0 Å². The van der Waals surface area contributed by atoms with Crippen LogP contribution in [-0.4, -0.2) is 37.7 Å². The van der Waals surface area contributed by atoms with Crippen LogP contribution in [0.1, 0.15) is 11.1 Å². The highest BCUT2D eigenvalue weighted by Gasteiger charge is 1.94. The van der Waals surface area contributed by atoms with Crippen LogP contribution in [0.2, 0.25) is 0 Å². The largest absolute Gasteiger partial charge is 0.316 e. The summed E-state index contributed by atoms with van der Waals surface area (Å²) in [6.07, 6.45) is 2.24. The van der Waals surface area contributed by atoms with Crippen molar-refractivity contribution in [3.8, 4) is 0 Å². The Kier molecular flexibility index (Phi) is 9.55. The van der Waals surface area contributed by atoms with Crippen molar-refractivity contribution in [3.63, 3.8) is 0 Å². The highest BCUT2D eigenvalue weighted by molar-refractivity contribution is 7.99. The van der Waals surface area contributed by atoms with E-state index in [9.17, 15) is 0 Å². The molecular formula is C20H28N2S. The zero-order valence-corrected chi connectivity index (χ0v) is 14.7. The zero-order chi connectivity index (χ0) is 16.0. The smallest absolute Gasteiger partial charge is 0.00585 e. The Morgan fingerprint density at radius 2 is 1.00 bits per heavy atom. The van der Waals surface area contributed by atoms with Crippen LogP contribution < -0.4 is 10.6 Å². The lowest BCUT2D eigenvalue weighted by Gasteiger charge is -2.06. The fraction of sp³-hybridized carbons (Fsp3) is 0.400. The van der Waals surface area contributed by atoms with Crippen LogP contribution >= 0.6 is 11.8 Å². The topological polar surface area (TPSA) is 24.1 Å². The van der Waals surface area contributed by atoms with Crippen LogP contribution in [0.4, 0.5) is 0 Å². The van der Waals surface area contributed by atoms with E-state index >= 15 is 0 Å². The van der Waals surface area contributed by atoms with Gasteiger partial charge in [0.25, 0.3) is 0 Å². The Morgan fingerprint density at radius 3 is 1.43 bits per heavy atom. The molecule has 0 bridgehead atoms. The molecule has 0 heterocycles. The molecule has 0 radical (unpaired) electrons. The van der Waals surface area contributed by atoms with Gasteiger partial charge >= 0.3 is 0 Å². The van der Waals surface area contributed by atoms with Gasteiger partial charge in [0, 0.05) is 24.6 Å². The van der Waals surface area contributed by atoms with E-state index in [0.717, 1.165) is 39.0 Å². The van der Waals surface area contributed by atoms with Crippen LogP contribution in [-0.2, 0) is 12.8 Å². The summed E-state index contributed by atoms with van der Waals surface area (Å²) in [7, 11) is 0. The molecule has 0 saturated carbocycles. The lowest BCUT2D eigenvalue weighted by atomic mass is 10.1. The second-order valence-electron chi connectivity index (χ2n) is 5.58. The van der Waals surface area contributed by atoms with Gasteiger partial charge in [-0.2, -0.15) is 11.8 Å². The van der Waals surface area contributed by atoms with Crippen LogP contribution in [0.15, 0.2) is 60.7 Å². The third kappa shape index (κ3) is 8.80. The molecule has 0 aliphatic rings. The normalized spacial score (nSPS) is 10.8. The molecule has 0 aliphatic carbocycles. The van der Waals surface area contributed by atoms with E-state index in [1.54, 1.807) is 0 Å². The number of benzene rings is 2. The van der Waals surface area contributed by atoms with Crippen molar-refractivity contribution in [1.82, 2.24) is 10.6 Å². The number of nitrogens with one attached hydrogen (secondary N) is 2. The minimum absolute atomic E-state index is 1.07. The van der Waals surface area contributed by atoms with Gasteiger partial charge in [-0.15, -0.1) is 0 Å². The fourth-order valence-corrected chi connectivity index (χ4v) is 3.18. The van der Waals surface area contributed by atoms with Crippen molar-refractivity contribution in [1.29, 1.82) is 0 Å². The van der Waals surface area contributed by atoms with Gasteiger partial charge in [-0.05, 0) is 37.1 Å². The molecule has 124 valence electrons. The van der Waals surface area contributed by atoms with Crippen molar-refractivity contribution < 1.29 is 0 Å². The summed E-state index contributed by atoms with van der Waals surface area (Å²) in [6, 6.07) is 21.3. The maximum absolute atomic E-state index is 3.52. The van der Waals surface area contributed by atoms with Gasteiger partial charge in [0.05, 0.1) is 0 Å². The van der Waals surface area contributed by atoms with Crippen molar-refractivity contribution in [2.45, 2.75) is 12.8 Å². The van der Waals surface area contributed by atoms with Gasteiger partial charge in [-0.3, -0.25) is 0 Å². The molecule has 0 spiro atoms. The molecule has 0 saturated heterocycles. The second-order valence-corrected chi connectivity index (χ2v) is 6.81. The van der Waals surface area contributed by atoms with Gasteiger partial charge in [0.2, 0.25) is 0 Å². The van der Waals surface area contributed by atoms with Crippen LogP contribution in [0, 0.1) is 0 Å². The number of rotatable bonds is 12. The summed E-state index contributed by atoms with van der Waals surface area (Å²) in [4.78, 5) is 0. The first-order chi connectivity index (χ1) is 11.4. The first-order valence-electron chi connectivity index (χ1n) is 8.52. The predicted molar refractivity (Wildman–Crippen MR) is 103 cm³/mol. The van der Waals surface area contributed by atoms with E-state index in [1.165, 1.54) is 22.6 Å². The Morgan fingerprint density at radius 1 is 0.565 bits per heavy atom. The molecule has 0 amide bonds. The molecule has 0 atom stereocenters. The van der Waals surface area contributed by atoms with E-state index in [0.29, 0.717) is 0 Å². The maximum Gasteiger partial charge on any atom is 0.00585 e. The van der Waals surface area contributed by atoms with E-state index in [4.69, 9.17) is 0 Å². The number of thioether (sulfide) groups is 1. The lowest BCUT2D eigenvalue weighted by molar-refractivity contribution is 0.714. The molecule has 2 aromatic carbocycles. The Balaban J connectivity index is 1.34. The Hall–Kier alpha value is -1.29. The highest BCUT2D eigenvalue weighted by Crippen LogP contribution is 2.00. The summed E-state index contributed by atoms with van der Waals surface area (Å²) in [5.74, 6) is 2.38. The van der Waals surface area contributed by atoms with Crippen molar-refractivity contribution >= 4 is 11.8 Å². The van der Waals surface area contributed by atoms with Gasteiger partial charge in [-0.1, -0.05) is 60.7 Å². The number of hydrogen-bond donors (Lipinski definition) is 2. The van der Waals surface area contributed by atoms with E-state index in [-0.39, 0.29) is 0 Å². The summed E-state index contributed by atoms with van der Waals surface area (Å²) >= 11 is 2.02. The monoisotopic (exact) mass is 328 g/mol. The minimum Gasteiger partial charge on any atom is -0.316 e. The molecule has 2 aromatic rings. The highest BCUT2D eigenvalue weighted by atomic mass is 32.2. The molecule has 2 nitrogen and oxygen atoms in total. The van der Waals surface area contributed by atoms with Crippen LogP contribution in [0.25, 0.3) is 0 Å². The van der Waals surface area contributed by atoms with Gasteiger partial charge in [-0.25, -0.2) is 0 Å². The van der Waals surface area contributed by atoms with Crippen LogP contribution in [0.5, 0.6) is 0 Å². The molecule has 0 unspecified atom stereocenters. The minimum atomic E-state index is 1.07. The summed E-state index contributed by atoms with van der Waals surface area (Å²) in [6.45, 7) is 4.34. The average molecular weight is 329 g/mol. The summed E-state index contributed by atoms with van der Waals surface area (Å²) < 4.78 is 0. The third-order valence-electron chi connectivity index (χ3n) is 3.71. The predicted octanol–water partition coefficient (Wildman–Crippen LogP) is 3.38. The summed E-state index contributed by atoms with van der Waals surface area (Å²) in [5.41, 5.74) is 2.82. The SMILES string of the molecule is c1ccc(CCNCCSCCNCCc2ccccc2)cc1. The first kappa shape index (κ1) is 18.1. The molecule has 2 rings (SSSR count). The lowest BCUT2D eigenvalue weighted by Crippen LogP contribution is -2.22. The van der Waals surface area contributed by atoms with E-state index < -0.39 is 0 Å². The van der Waals surface area contributed by atoms with Crippen molar-refractivity contribution in [2.75, 3.05) is 37.7 Å². The molecular weight excluding hydrogens is 300 g/mol. The Bertz CT molecular complexity index is 454. The van der Waals surface area contributed by atoms with Gasteiger partial charge in [0.1, 0.15) is 0 Å². The number of hydrogen-bond acceptors (Lipinski definition) is 3. The van der Waals surface area contributed by atoms with E-state index in [2.05, 4.69) is 71.3 Å². The quantitative estimate of drug-likeness (QED) is 0.584. The van der Waals surface area contributed by atoms with Gasteiger partial charge < -0.3 is 10.6 Å². The molecule has 0 fully saturated rings. The molecule has 0 aliphatic heterocycles. The first-order valence-corrected chi connectivity index (χ1v) is 9.67.